The highest BCUT2D eigenvalue weighted by Gasteiger charge is 2.48. The van der Waals surface area contributed by atoms with Crippen LogP contribution in [0.15, 0.2) is 164 Å². The third-order valence-electron chi connectivity index (χ3n) is 18.0. The standard InChI is InChI=1S/C75H72BN5S/c1-71(2,3)45-20-25-50(26-21-45)78(51-27-22-46(23-28-51)72(4,5)6)52-30-32-58-61(41-52)79(53-29-31-55-54-18-16-17-19-66(54)82-67(55)42-53)62-34-44(43-77)35-63-68(62)76(58)59-38-49(75(13,14)15)40-65-70(59)81(63)64-39-48(74(10,11)12)37-57-56-36-47(73(7,8)9)24-33-60(56)80(65)69(57)64/h16-42H,1-15H3. The van der Waals surface area contributed by atoms with Crippen LogP contribution in [0.1, 0.15) is 137 Å². The zero-order chi connectivity index (χ0) is 57.5. The molecular weight excluding hydrogens is 1010 g/mol. The van der Waals surface area contributed by atoms with Crippen molar-refractivity contribution in [3.05, 3.63) is 197 Å². The molecule has 82 heavy (non-hydrogen) atoms. The van der Waals surface area contributed by atoms with Crippen LogP contribution in [0.2, 0.25) is 0 Å². The highest BCUT2D eigenvalue weighted by Crippen LogP contribution is 2.55. The second kappa shape index (κ2) is 17.5. The molecule has 0 radical (unpaired) electrons. The van der Waals surface area contributed by atoms with Gasteiger partial charge in [-0.1, -0.05) is 171 Å². The Labute approximate surface area is 489 Å². The van der Waals surface area contributed by atoms with Crippen molar-refractivity contribution in [1.29, 1.82) is 5.26 Å². The maximum atomic E-state index is 11.4. The molecule has 5 heterocycles. The lowest BCUT2D eigenvalue weighted by atomic mass is 9.33. The first-order valence-corrected chi connectivity index (χ1v) is 30.1. The predicted octanol–water partition coefficient (Wildman–Crippen LogP) is 19.4. The van der Waals surface area contributed by atoms with Gasteiger partial charge in [-0.3, -0.25) is 0 Å². The molecule has 0 saturated carbocycles. The van der Waals surface area contributed by atoms with Crippen molar-refractivity contribution in [3.8, 4) is 11.8 Å². The number of aromatic nitrogens is 1. The van der Waals surface area contributed by atoms with E-state index in [0.29, 0.717) is 5.56 Å². The maximum absolute atomic E-state index is 11.4. The molecule has 0 aliphatic carbocycles. The van der Waals surface area contributed by atoms with Gasteiger partial charge in [0, 0.05) is 70.8 Å². The average Bonchev–Trinajstić information content (AvgIpc) is 1.28. The third kappa shape index (κ3) is 7.91. The van der Waals surface area contributed by atoms with Crippen LogP contribution < -0.4 is 31.1 Å². The van der Waals surface area contributed by atoms with E-state index in [9.17, 15) is 5.26 Å². The first-order chi connectivity index (χ1) is 38.8. The maximum Gasteiger partial charge on any atom is 0.252 e. The Morgan fingerprint density at radius 2 is 0.963 bits per heavy atom. The van der Waals surface area contributed by atoms with Gasteiger partial charge in [-0.2, -0.15) is 5.26 Å². The van der Waals surface area contributed by atoms with E-state index in [-0.39, 0.29) is 33.8 Å². The number of fused-ring (bicyclic) bond motifs is 12. The van der Waals surface area contributed by atoms with Gasteiger partial charge in [0.25, 0.3) is 6.71 Å². The molecule has 3 aliphatic rings. The number of hydrogen-bond acceptors (Lipinski definition) is 5. The molecule has 3 aliphatic heterocycles. The molecule has 0 N–H and O–H groups in total. The Morgan fingerprint density at radius 1 is 0.415 bits per heavy atom. The van der Waals surface area contributed by atoms with Gasteiger partial charge >= 0.3 is 0 Å². The lowest BCUT2D eigenvalue weighted by Crippen LogP contribution is -2.62. The van der Waals surface area contributed by atoms with Crippen LogP contribution in [0, 0.1) is 11.3 Å². The van der Waals surface area contributed by atoms with E-state index in [1.807, 2.05) is 11.3 Å². The van der Waals surface area contributed by atoms with Crippen LogP contribution >= 0.6 is 11.3 Å². The normalized spacial score (nSPS) is 14.0. The molecule has 7 heteroatoms. The van der Waals surface area contributed by atoms with Crippen LogP contribution in [-0.4, -0.2) is 11.3 Å². The first kappa shape index (κ1) is 52.1. The molecule has 0 bridgehead atoms. The largest absolute Gasteiger partial charge is 0.311 e. The lowest BCUT2D eigenvalue weighted by molar-refractivity contribution is 0.590. The van der Waals surface area contributed by atoms with Crippen molar-refractivity contribution in [2.24, 2.45) is 0 Å². The fourth-order valence-electron chi connectivity index (χ4n) is 13.4. The second-order valence-corrected chi connectivity index (χ2v) is 29.8. The zero-order valence-electron chi connectivity index (χ0n) is 50.3. The summed E-state index contributed by atoms with van der Waals surface area (Å²) in [6.45, 7) is 34.5. The molecule has 0 fully saturated rings. The molecule has 0 amide bonds. The van der Waals surface area contributed by atoms with E-state index in [1.54, 1.807) is 0 Å². The van der Waals surface area contributed by atoms with Crippen LogP contribution in [0.5, 0.6) is 0 Å². The Morgan fingerprint density at radius 3 is 1.59 bits per heavy atom. The van der Waals surface area contributed by atoms with Gasteiger partial charge < -0.3 is 19.3 Å². The number of hydrogen-bond donors (Lipinski definition) is 0. The number of nitrogens with zero attached hydrogens (tertiary/aromatic N) is 5. The Balaban J connectivity index is 1.10. The number of thiophene rings is 1. The molecule has 0 saturated heterocycles. The van der Waals surface area contributed by atoms with Crippen LogP contribution in [0.25, 0.3) is 47.7 Å². The monoisotopic (exact) mass is 1090 g/mol. The molecule has 2 aromatic heterocycles. The Hall–Kier alpha value is -8.05. The summed E-state index contributed by atoms with van der Waals surface area (Å²) in [5.74, 6) is 0. The minimum Gasteiger partial charge on any atom is -0.311 e. The fourth-order valence-corrected chi connectivity index (χ4v) is 14.5. The Kier molecular flexibility index (Phi) is 11.1. The lowest BCUT2D eigenvalue weighted by Gasteiger charge is -2.47. The van der Waals surface area contributed by atoms with E-state index < -0.39 is 0 Å². The topological polar surface area (TPSA) is 38.4 Å². The predicted molar refractivity (Wildman–Crippen MR) is 354 cm³/mol. The first-order valence-electron chi connectivity index (χ1n) is 29.3. The van der Waals surface area contributed by atoms with Crippen LogP contribution in [0.4, 0.5) is 51.2 Å². The summed E-state index contributed by atoms with van der Waals surface area (Å²) in [6, 6.07) is 65.6. The number of rotatable bonds is 4. The summed E-state index contributed by atoms with van der Waals surface area (Å²) >= 11 is 1.84. The average molecular weight is 1090 g/mol. The highest BCUT2D eigenvalue weighted by molar-refractivity contribution is 7.25. The minimum atomic E-state index is -0.180. The number of nitriles is 1. The molecule has 0 spiro atoms. The van der Waals surface area contributed by atoms with Gasteiger partial charge in [-0.15, -0.1) is 11.3 Å². The van der Waals surface area contributed by atoms with E-state index >= 15 is 0 Å². The van der Waals surface area contributed by atoms with Crippen molar-refractivity contribution in [1.82, 2.24) is 4.57 Å². The molecule has 11 aromatic rings. The zero-order valence-corrected chi connectivity index (χ0v) is 51.1. The number of benzene rings is 9. The molecular formula is C75H72BN5S. The van der Waals surface area contributed by atoms with E-state index in [2.05, 4.69) is 293 Å². The summed E-state index contributed by atoms with van der Waals surface area (Å²) in [6.07, 6.45) is 0. The van der Waals surface area contributed by atoms with Gasteiger partial charge in [-0.25, -0.2) is 0 Å². The fraction of sp³-hybridized carbons (Fsp3) is 0.267. The van der Waals surface area contributed by atoms with E-state index in [1.165, 1.54) is 97.6 Å². The summed E-state index contributed by atoms with van der Waals surface area (Å²) in [5.41, 5.74) is 23.8. The smallest absolute Gasteiger partial charge is 0.252 e. The van der Waals surface area contributed by atoms with E-state index in [0.717, 1.165) is 45.5 Å². The van der Waals surface area contributed by atoms with Crippen molar-refractivity contribution in [3.63, 3.8) is 0 Å². The van der Waals surface area contributed by atoms with Gasteiger partial charge in [0.05, 0.1) is 39.7 Å². The molecule has 0 unspecified atom stereocenters. The van der Waals surface area contributed by atoms with Gasteiger partial charge in [-0.05, 0) is 168 Å². The molecule has 9 aromatic carbocycles. The van der Waals surface area contributed by atoms with Crippen molar-refractivity contribution >= 4 is 128 Å². The minimum absolute atomic E-state index is 0.000334. The Bertz CT molecular complexity index is 4490. The van der Waals surface area contributed by atoms with Crippen molar-refractivity contribution in [2.45, 2.75) is 131 Å². The molecule has 406 valence electrons. The van der Waals surface area contributed by atoms with Crippen molar-refractivity contribution < 1.29 is 0 Å². The molecule has 0 atom stereocenters. The van der Waals surface area contributed by atoms with Crippen molar-refractivity contribution in [2.75, 3.05) is 14.7 Å². The van der Waals surface area contributed by atoms with Gasteiger partial charge in [0.1, 0.15) is 0 Å². The summed E-state index contributed by atoms with van der Waals surface area (Å²) in [5, 5.41) is 16.5. The highest BCUT2D eigenvalue weighted by atomic mass is 32.1. The molecule has 14 rings (SSSR count). The summed E-state index contributed by atoms with van der Waals surface area (Å²) in [4.78, 5) is 7.50. The summed E-state index contributed by atoms with van der Waals surface area (Å²) in [7, 11) is 0. The number of anilines is 9. The van der Waals surface area contributed by atoms with Crippen LogP contribution in [0.3, 0.4) is 0 Å². The van der Waals surface area contributed by atoms with Gasteiger partial charge in [0.2, 0.25) is 0 Å². The SMILES string of the molecule is CC(C)(C)c1ccc(N(c2ccc(C(C)(C)C)cc2)c2ccc3c(c2)N(c2ccc4c(c2)sc2ccccc24)c2cc(C#N)cc4c2B3c2cc(C(C)(C)C)cc3c2N4c2cc(C(C)(C)C)cc4c5cc(C(C)(C)C)ccc5n-3c24)cc1. The quantitative estimate of drug-likeness (QED) is 0.165. The van der Waals surface area contributed by atoms with E-state index in [4.69, 9.17) is 0 Å². The second-order valence-electron chi connectivity index (χ2n) is 28.7. The van der Waals surface area contributed by atoms with Gasteiger partial charge in [0.15, 0.2) is 0 Å². The molecule has 5 nitrogen and oxygen atoms in total. The summed E-state index contributed by atoms with van der Waals surface area (Å²) < 4.78 is 5.10. The third-order valence-corrected chi connectivity index (χ3v) is 19.2. The van der Waals surface area contributed by atoms with Crippen LogP contribution in [-0.2, 0) is 27.1 Å².